The maximum Gasteiger partial charge on any atom is 0.147 e. The summed E-state index contributed by atoms with van der Waals surface area (Å²) in [6, 6.07) is 20.7. The molecule has 2 nitrogen and oxygen atoms in total. The second-order valence-corrected chi connectivity index (χ2v) is 9.19. The first kappa shape index (κ1) is 20.3. The SMILES string of the molecule is Fc1ccc(SCCCC2Cc3[nH]c4c(F)ccc(-c5ccccc5)c4c3CN2)cc1. The van der Waals surface area contributed by atoms with Crippen LogP contribution in [0.5, 0.6) is 0 Å². The molecule has 1 unspecified atom stereocenters. The molecule has 1 aliphatic heterocycles. The number of H-pyrrole nitrogens is 1. The van der Waals surface area contributed by atoms with E-state index in [-0.39, 0.29) is 11.6 Å². The fourth-order valence-electron chi connectivity index (χ4n) is 4.44. The van der Waals surface area contributed by atoms with E-state index in [2.05, 4.69) is 22.4 Å². The van der Waals surface area contributed by atoms with Crippen LogP contribution in [0.25, 0.3) is 22.0 Å². The van der Waals surface area contributed by atoms with Crippen molar-refractivity contribution in [1.29, 1.82) is 0 Å². The number of hydrogen-bond acceptors (Lipinski definition) is 2. The second-order valence-electron chi connectivity index (χ2n) is 8.02. The lowest BCUT2D eigenvalue weighted by Gasteiger charge is -2.24. The Balaban J connectivity index is 1.29. The van der Waals surface area contributed by atoms with Crippen LogP contribution in [0.4, 0.5) is 8.78 Å². The van der Waals surface area contributed by atoms with Crippen molar-refractivity contribution < 1.29 is 8.78 Å². The van der Waals surface area contributed by atoms with Crippen LogP contribution >= 0.6 is 11.8 Å². The number of benzene rings is 3. The zero-order chi connectivity index (χ0) is 21.2. The van der Waals surface area contributed by atoms with Crippen LogP contribution < -0.4 is 5.32 Å². The molecule has 5 rings (SSSR count). The third kappa shape index (κ3) is 4.25. The van der Waals surface area contributed by atoms with Crippen LogP contribution in [0.2, 0.25) is 0 Å². The van der Waals surface area contributed by atoms with Gasteiger partial charge in [0, 0.05) is 35.0 Å². The maximum absolute atomic E-state index is 14.6. The minimum absolute atomic E-state index is 0.197. The van der Waals surface area contributed by atoms with Crippen molar-refractivity contribution in [3.63, 3.8) is 0 Å². The lowest BCUT2D eigenvalue weighted by molar-refractivity contribution is 0.447. The molecule has 0 bridgehead atoms. The highest BCUT2D eigenvalue weighted by atomic mass is 32.2. The average molecular weight is 435 g/mol. The second kappa shape index (κ2) is 8.85. The van der Waals surface area contributed by atoms with E-state index in [0.717, 1.165) is 58.7 Å². The topological polar surface area (TPSA) is 27.8 Å². The molecule has 3 aromatic carbocycles. The van der Waals surface area contributed by atoms with E-state index in [0.29, 0.717) is 11.6 Å². The van der Waals surface area contributed by atoms with E-state index >= 15 is 0 Å². The number of aromatic amines is 1. The van der Waals surface area contributed by atoms with Crippen molar-refractivity contribution in [2.75, 3.05) is 5.75 Å². The smallest absolute Gasteiger partial charge is 0.147 e. The zero-order valence-corrected chi connectivity index (χ0v) is 17.9. The van der Waals surface area contributed by atoms with Gasteiger partial charge in [-0.15, -0.1) is 11.8 Å². The van der Waals surface area contributed by atoms with Crippen LogP contribution in [0, 0.1) is 11.6 Å². The Labute approximate surface area is 185 Å². The molecule has 0 fully saturated rings. The van der Waals surface area contributed by atoms with Gasteiger partial charge in [-0.2, -0.15) is 0 Å². The Morgan fingerprint density at radius 2 is 1.74 bits per heavy atom. The van der Waals surface area contributed by atoms with Gasteiger partial charge >= 0.3 is 0 Å². The van der Waals surface area contributed by atoms with Crippen LogP contribution in [0.3, 0.4) is 0 Å². The summed E-state index contributed by atoms with van der Waals surface area (Å²) in [4.78, 5) is 4.49. The first-order chi connectivity index (χ1) is 15.2. The number of nitrogens with one attached hydrogen (secondary N) is 2. The normalized spacial score (nSPS) is 15.9. The third-order valence-electron chi connectivity index (χ3n) is 5.98. The summed E-state index contributed by atoms with van der Waals surface area (Å²) in [6.07, 6.45) is 2.99. The number of thioether (sulfide) groups is 1. The van der Waals surface area contributed by atoms with Crippen molar-refractivity contribution in [2.45, 2.75) is 36.7 Å². The van der Waals surface area contributed by atoms with Gasteiger partial charge in [0.05, 0.1) is 5.52 Å². The van der Waals surface area contributed by atoms with Crippen LogP contribution in [0.15, 0.2) is 71.6 Å². The van der Waals surface area contributed by atoms with Gasteiger partial charge in [0.2, 0.25) is 0 Å². The first-order valence-corrected chi connectivity index (χ1v) is 11.7. The van der Waals surface area contributed by atoms with E-state index in [1.54, 1.807) is 17.8 Å². The highest BCUT2D eigenvalue weighted by molar-refractivity contribution is 7.99. The van der Waals surface area contributed by atoms with E-state index in [1.165, 1.54) is 17.7 Å². The molecule has 0 radical (unpaired) electrons. The maximum atomic E-state index is 14.6. The predicted octanol–water partition coefficient (Wildman–Crippen LogP) is 6.70. The molecule has 0 saturated carbocycles. The Bertz CT molecular complexity index is 1190. The summed E-state index contributed by atoms with van der Waals surface area (Å²) in [5, 5.41) is 4.66. The largest absolute Gasteiger partial charge is 0.356 e. The molecule has 31 heavy (non-hydrogen) atoms. The van der Waals surface area contributed by atoms with Crippen molar-refractivity contribution in [1.82, 2.24) is 10.3 Å². The molecule has 4 aromatic rings. The highest BCUT2D eigenvalue weighted by Crippen LogP contribution is 2.36. The average Bonchev–Trinajstić information content (AvgIpc) is 3.19. The standard InChI is InChI=1S/C26H24F2N2S/c27-18-8-10-20(11-9-18)31-14-4-7-19-15-24-22(16-29-19)25-21(17-5-2-1-3-6-17)12-13-23(28)26(25)30-24/h1-3,5-6,8-13,19,29-30H,4,7,14-16H2. The van der Waals surface area contributed by atoms with E-state index in [9.17, 15) is 8.78 Å². The number of hydrogen-bond donors (Lipinski definition) is 2. The molecule has 0 amide bonds. The van der Waals surface area contributed by atoms with Gasteiger partial charge in [0.15, 0.2) is 0 Å². The first-order valence-electron chi connectivity index (χ1n) is 10.7. The van der Waals surface area contributed by atoms with Crippen molar-refractivity contribution >= 4 is 22.7 Å². The minimum atomic E-state index is -0.198. The predicted molar refractivity (Wildman–Crippen MR) is 124 cm³/mol. The highest BCUT2D eigenvalue weighted by Gasteiger charge is 2.24. The lowest BCUT2D eigenvalue weighted by Crippen LogP contribution is -2.35. The van der Waals surface area contributed by atoms with Gasteiger partial charge < -0.3 is 10.3 Å². The molecule has 1 aliphatic rings. The summed E-state index contributed by atoms with van der Waals surface area (Å²) in [5.41, 5.74) is 5.12. The monoisotopic (exact) mass is 434 g/mol. The quantitative estimate of drug-likeness (QED) is 0.261. The van der Waals surface area contributed by atoms with Crippen molar-refractivity contribution in [2.24, 2.45) is 0 Å². The van der Waals surface area contributed by atoms with E-state index in [1.807, 2.05) is 36.4 Å². The fraction of sp³-hybridized carbons (Fsp3) is 0.231. The van der Waals surface area contributed by atoms with Gasteiger partial charge in [-0.05, 0) is 65.6 Å². The zero-order valence-electron chi connectivity index (χ0n) is 17.1. The lowest BCUT2D eigenvalue weighted by atomic mass is 9.94. The van der Waals surface area contributed by atoms with E-state index < -0.39 is 0 Å². The molecular weight excluding hydrogens is 410 g/mol. The number of halogens is 2. The fourth-order valence-corrected chi connectivity index (χ4v) is 5.31. The molecule has 0 aliphatic carbocycles. The molecule has 1 atom stereocenters. The number of fused-ring (bicyclic) bond motifs is 3. The Morgan fingerprint density at radius 1 is 0.935 bits per heavy atom. The molecule has 158 valence electrons. The Kier molecular flexibility index (Phi) is 5.79. The van der Waals surface area contributed by atoms with Crippen LogP contribution in [0.1, 0.15) is 24.1 Å². The molecule has 2 N–H and O–H groups in total. The summed E-state index contributed by atoms with van der Waals surface area (Å²) in [5.74, 6) is 0.601. The van der Waals surface area contributed by atoms with Crippen molar-refractivity contribution in [3.05, 3.63) is 89.6 Å². The van der Waals surface area contributed by atoms with Crippen molar-refractivity contribution in [3.8, 4) is 11.1 Å². The Hall–Kier alpha value is -2.63. The number of aromatic nitrogens is 1. The Morgan fingerprint density at radius 3 is 2.55 bits per heavy atom. The van der Waals surface area contributed by atoms with Gasteiger partial charge in [0.1, 0.15) is 11.6 Å². The summed E-state index contributed by atoms with van der Waals surface area (Å²) < 4.78 is 27.6. The molecule has 1 aromatic heterocycles. The van der Waals surface area contributed by atoms with Crippen LogP contribution in [-0.4, -0.2) is 16.8 Å². The molecule has 0 saturated heterocycles. The van der Waals surface area contributed by atoms with Gasteiger partial charge in [0.25, 0.3) is 0 Å². The number of rotatable bonds is 6. The van der Waals surface area contributed by atoms with Crippen LogP contribution in [-0.2, 0) is 13.0 Å². The summed E-state index contributed by atoms with van der Waals surface area (Å²) >= 11 is 1.76. The third-order valence-corrected chi connectivity index (χ3v) is 7.08. The van der Waals surface area contributed by atoms with Gasteiger partial charge in [-0.1, -0.05) is 36.4 Å². The molecule has 0 spiro atoms. The van der Waals surface area contributed by atoms with Gasteiger partial charge in [-0.25, -0.2) is 8.78 Å². The van der Waals surface area contributed by atoms with Gasteiger partial charge in [-0.3, -0.25) is 0 Å². The minimum Gasteiger partial charge on any atom is -0.356 e. The molecular formula is C26H24F2N2S. The van der Waals surface area contributed by atoms with E-state index in [4.69, 9.17) is 0 Å². The summed E-state index contributed by atoms with van der Waals surface area (Å²) in [6.45, 7) is 0.744. The molecule has 5 heteroatoms. The summed E-state index contributed by atoms with van der Waals surface area (Å²) in [7, 11) is 0. The molecule has 2 heterocycles.